The SMILES string of the molecule is O=C(c1ccc(Nc2ccnc3cc(C(F)(F)F)ccc23)cc1)N1CCC(O)(c2ccc(C(F)(F)F)cc2)CC1. The molecule has 0 aliphatic carbocycles. The fraction of sp³-hybridized carbons (Fsp3) is 0.241. The molecule has 0 radical (unpaired) electrons. The molecule has 3 aromatic carbocycles. The summed E-state index contributed by atoms with van der Waals surface area (Å²) < 4.78 is 77.7. The number of carbonyl (C=O) groups is 1. The molecule has 1 aliphatic heterocycles. The number of piperidine rings is 1. The molecule has 4 aromatic rings. The van der Waals surface area contributed by atoms with E-state index in [-0.39, 0.29) is 37.4 Å². The molecule has 2 N–H and O–H groups in total. The minimum atomic E-state index is -4.48. The number of hydrogen-bond donors (Lipinski definition) is 2. The van der Waals surface area contributed by atoms with E-state index in [9.17, 15) is 36.2 Å². The Hall–Kier alpha value is -4.12. The number of amides is 1. The standard InChI is InChI=1S/C29H23F6N3O2/c30-28(31,32)20-5-3-19(4-6-20)27(40)12-15-38(16-13-27)26(39)18-1-8-22(9-2-18)37-24-11-14-36-25-17-21(29(33,34)35)7-10-23(24)25/h1-11,14,17,40H,12-13,15-16H2,(H,36,37). The maximum atomic E-state index is 13.1. The topological polar surface area (TPSA) is 65.5 Å². The van der Waals surface area contributed by atoms with Crippen LogP contribution in [-0.2, 0) is 18.0 Å². The summed E-state index contributed by atoms with van der Waals surface area (Å²) in [6.07, 6.45) is -7.18. The Morgan fingerprint density at radius 3 is 2.02 bits per heavy atom. The van der Waals surface area contributed by atoms with Crippen LogP contribution in [0.1, 0.15) is 39.9 Å². The number of hydrogen-bond acceptors (Lipinski definition) is 4. The molecule has 5 nitrogen and oxygen atoms in total. The van der Waals surface area contributed by atoms with E-state index >= 15 is 0 Å². The van der Waals surface area contributed by atoms with Crippen LogP contribution in [-0.4, -0.2) is 34.0 Å². The number of halogens is 6. The number of aliphatic hydroxyl groups is 1. The second-order valence-electron chi connectivity index (χ2n) is 9.69. The largest absolute Gasteiger partial charge is 0.416 e. The molecule has 1 aromatic heterocycles. The van der Waals surface area contributed by atoms with Gasteiger partial charge >= 0.3 is 12.4 Å². The summed E-state index contributed by atoms with van der Waals surface area (Å²) in [5.41, 5.74) is -0.783. The van der Waals surface area contributed by atoms with Crippen molar-refractivity contribution in [2.75, 3.05) is 18.4 Å². The van der Waals surface area contributed by atoms with E-state index in [1.165, 1.54) is 24.4 Å². The lowest BCUT2D eigenvalue weighted by atomic mass is 9.84. The van der Waals surface area contributed by atoms with Crippen LogP contribution in [0.2, 0.25) is 0 Å². The molecule has 0 spiro atoms. The highest BCUT2D eigenvalue weighted by atomic mass is 19.4. The van der Waals surface area contributed by atoms with Crippen molar-refractivity contribution >= 4 is 28.2 Å². The quantitative estimate of drug-likeness (QED) is 0.261. The first-order valence-corrected chi connectivity index (χ1v) is 12.4. The second kappa shape index (κ2) is 10.1. The van der Waals surface area contributed by atoms with Crippen molar-refractivity contribution < 1.29 is 36.2 Å². The molecular weight excluding hydrogens is 536 g/mol. The van der Waals surface area contributed by atoms with Crippen molar-refractivity contribution in [2.45, 2.75) is 30.8 Å². The van der Waals surface area contributed by atoms with Gasteiger partial charge in [0.05, 0.1) is 22.2 Å². The molecule has 0 atom stereocenters. The lowest BCUT2D eigenvalue weighted by Gasteiger charge is -2.38. The number of anilines is 2. The fourth-order valence-electron chi connectivity index (χ4n) is 4.81. The minimum absolute atomic E-state index is 0.176. The van der Waals surface area contributed by atoms with E-state index < -0.39 is 29.1 Å². The van der Waals surface area contributed by atoms with Crippen molar-refractivity contribution in [3.8, 4) is 0 Å². The smallest absolute Gasteiger partial charge is 0.385 e. The summed E-state index contributed by atoms with van der Waals surface area (Å²) in [6, 6.07) is 16.0. The molecule has 0 unspecified atom stereocenters. The lowest BCUT2D eigenvalue weighted by molar-refractivity contribution is -0.138. The average molecular weight is 560 g/mol. The number of alkyl halides is 6. The highest BCUT2D eigenvalue weighted by molar-refractivity contribution is 5.96. The Labute approximate surface area is 225 Å². The maximum Gasteiger partial charge on any atom is 0.416 e. The first kappa shape index (κ1) is 27.4. The van der Waals surface area contributed by atoms with Crippen LogP contribution in [0.4, 0.5) is 37.7 Å². The van der Waals surface area contributed by atoms with Gasteiger partial charge in [0, 0.05) is 41.6 Å². The van der Waals surface area contributed by atoms with Crippen LogP contribution in [0.15, 0.2) is 79.0 Å². The molecule has 0 bridgehead atoms. The van der Waals surface area contributed by atoms with E-state index in [1.54, 1.807) is 35.2 Å². The minimum Gasteiger partial charge on any atom is -0.385 e. The zero-order valence-electron chi connectivity index (χ0n) is 20.9. The number of pyridine rings is 1. The Balaban J connectivity index is 1.24. The van der Waals surface area contributed by atoms with Gasteiger partial charge in [0.15, 0.2) is 0 Å². The molecule has 208 valence electrons. The van der Waals surface area contributed by atoms with E-state index in [4.69, 9.17) is 0 Å². The monoisotopic (exact) mass is 559 g/mol. The molecule has 11 heteroatoms. The zero-order chi connectivity index (χ0) is 28.7. The van der Waals surface area contributed by atoms with Crippen LogP contribution < -0.4 is 5.32 Å². The molecule has 1 amide bonds. The maximum absolute atomic E-state index is 13.1. The third-order valence-electron chi connectivity index (χ3n) is 7.11. The number of aromatic nitrogens is 1. The third-order valence-corrected chi connectivity index (χ3v) is 7.11. The molecule has 40 heavy (non-hydrogen) atoms. The highest BCUT2D eigenvalue weighted by Crippen LogP contribution is 2.36. The number of nitrogens with zero attached hydrogens (tertiary/aromatic N) is 2. The van der Waals surface area contributed by atoms with Gasteiger partial charge in [0.25, 0.3) is 5.91 Å². The number of fused-ring (bicyclic) bond motifs is 1. The highest BCUT2D eigenvalue weighted by Gasteiger charge is 2.37. The van der Waals surface area contributed by atoms with E-state index in [0.717, 1.165) is 24.3 Å². The Morgan fingerprint density at radius 1 is 0.825 bits per heavy atom. The predicted molar refractivity (Wildman–Crippen MR) is 137 cm³/mol. The molecule has 0 saturated carbocycles. The van der Waals surface area contributed by atoms with Gasteiger partial charge in [0.2, 0.25) is 0 Å². The average Bonchev–Trinajstić information content (AvgIpc) is 2.92. The summed E-state index contributed by atoms with van der Waals surface area (Å²) >= 11 is 0. The normalized spacial score (nSPS) is 15.7. The van der Waals surface area contributed by atoms with Gasteiger partial charge in [-0.2, -0.15) is 26.3 Å². The van der Waals surface area contributed by atoms with E-state index in [1.807, 2.05) is 0 Å². The fourth-order valence-corrected chi connectivity index (χ4v) is 4.81. The number of likely N-dealkylation sites (tertiary alicyclic amines) is 1. The predicted octanol–water partition coefficient (Wildman–Crippen LogP) is 7.14. The van der Waals surface area contributed by atoms with Crippen LogP contribution in [0.25, 0.3) is 10.9 Å². The van der Waals surface area contributed by atoms with Crippen molar-refractivity contribution in [2.24, 2.45) is 0 Å². The molecular formula is C29H23F6N3O2. The van der Waals surface area contributed by atoms with Gasteiger partial charge in [-0.05, 0) is 73.0 Å². The summed E-state index contributed by atoms with van der Waals surface area (Å²) in [6.45, 7) is 0.443. The molecule has 5 rings (SSSR count). The van der Waals surface area contributed by atoms with Crippen molar-refractivity contribution in [3.05, 3.63) is 101 Å². The summed E-state index contributed by atoms with van der Waals surface area (Å²) in [4.78, 5) is 18.7. The van der Waals surface area contributed by atoms with Crippen molar-refractivity contribution in [1.82, 2.24) is 9.88 Å². The van der Waals surface area contributed by atoms with Crippen molar-refractivity contribution in [1.29, 1.82) is 0 Å². The summed E-state index contributed by atoms with van der Waals surface area (Å²) in [5, 5.41) is 14.7. The Morgan fingerprint density at radius 2 is 1.43 bits per heavy atom. The number of benzene rings is 3. The van der Waals surface area contributed by atoms with Crippen molar-refractivity contribution in [3.63, 3.8) is 0 Å². The number of rotatable bonds is 4. The number of carbonyl (C=O) groups excluding carboxylic acids is 1. The van der Waals surface area contributed by atoms with Gasteiger partial charge in [-0.3, -0.25) is 9.78 Å². The molecule has 1 saturated heterocycles. The second-order valence-corrected chi connectivity index (χ2v) is 9.69. The molecule has 1 aliphatic rings. The number of nitrogens with one attached hydrogen (secondary N) is 1. The van der Waals surface area contributed by atoms with Crippen LogP contribution in [0.5, 0.6) is 0 Å². The Bertz CT molecular complexity index is 1530. The van der Waals surface area contributed by atoms with Gasteiger partial charge in [-0.1, -0.05) is 18.2 Å². The van der Waals surface area contributed by atoms with Crippen LogP contribution in [0.3, 0.4) is 0 Å². The lowest BCUT2D eigenvalue weighted by Crippen LogP contribution is -2.45. The Kier molecular flexibility index (Phi) is 6.95. The van der Waals surface area contributed by atoms with Gasteiger partial charge in [0.1, 0.15) is 0 Å². The van der Waals surface area contributed by atoms with Gasteiger partial charge in [-0.15, -0.1) is 0 Å². The first-order chi connectivity index (χ1) is 18.8. The van der Waals surface area contributed by atoms with Gasteiger partial charge < -0.3 is 15.3 Å². The zero-order valence-corrected chi connectivity index (χ0v) is 20.9. The molecule has 1 fully saturated rings. The van der Waals surface area contributed by atoms with Crippen LogP contribution >= 0.6 is 0 Å². The molecule has 2 heterocycles. The first-order valence-electron chi connectivity index (χ1n) is 12.4. The van der Waals surface area contributed by atoms with Gasteiger partial charge in [-0.25, -0.2) is 0 Å². The summed E-state index contributed by atoms with van der Waals surface area (Å²) in [7, 11) is 0. The van der Waals surface area contributed by atoms with E-state index in [0.29, 0.717) is 27.9 Å². The third kappa shape index (κ3) is 5.60. The van der Waals surface area contributed by atoms with Crippen LogP contribution in [0, 0.1) is 0 Å². The van der Waals surface area contributed by atoms with E-state index in [2.05, 4.69) is 10.3 Å². The summed E-state index contributed by atoms with van der Waals surface area (Å²) in [5.74, 6) is -0.255.